The first-order valence-corrected chi connectivity index (χ1v) is 8.01. The molecule has 3 unspecified atom stereocenters. The van der Waals surface area contributed by atoms with E-state index in [0.717, 1.165) is 31.9 Å². The van der Waals surface area contributed by atoms with Crippen LogP contribution in [0.4, 0.5) is 0 Å². The Morgan fingerprint density at radius 1 is 1.43 bits per heavy atom. The zero-order chi connectivity index (χ0) is 14.8. The molecule has 21 heavy (non-hydrogen) atoms. The van der Waals surface area contributed by atoms with E-state index in [1.54, 1.807) is 7.11 Å². The highest BCUT2D eigenvalue weighted by Gasteiger charge is 2.35. The van der Waals surface area contributed by atoms with Crippen molar-refractivity contribution < 1.29 is 9.47 Å². The molecule has 0 amide bonds. The Balaban J connectivity index is 1.73. The van der Waals surface area contributed by atoms with Gasteiger partial charge in [-0.25, -0.2) is 0 Å². The zero-order valence-electron chi connectivity index (χ0n) is 13.0. The van der Waals surface area contributed by atoms with E-state index in [0.29, 0.717) is 12.1 Å². The normalized spacial score (nSPS) is 28.1. The fraction of sp³-hybridized carbons (Fsp3) is 0.647. The summed E-state index contributed by atoms with van der Waals surface area (Å²) in [4.78, 5) is 2.49. The third-order valence-electron chi connectivity index (χ3n) is 4.89. The molecule has 1 aromatic rings. The topological polar surface area (TPSA) is 47.7 Å². The second kappa shape index (κ2) is 6.34. The average molecular weight is 290 g/mol. The number of nitrogens with two attached hydrogens (primary N) is 1. The van der Waals surface area contributed by atoms with Crippen LogP contribution in [-0.2, 0) is 11.2 Å². The van der Waals surface area contributed by atoms with E-state index in [9.17, 15) is 0 Å². The fourth-order valence-corrected chi connectivity index (χ4v) is 3.66. The van der Waals surface area contributed by atoms with E-state index in [-0.39, 0.29) is 6.04 Å². The van der Waals surface area contributed by atoms with Crippen LogP contribution in [0.3, 0.4) is 0 Å². The van der Waals surface area contributed by atoms with Gasteiger partial charge in [0.25, 0.3) is 0 Å². The van der Waals surface area contributed by atoms with Gasteiger partial charge in [-0.1, -0.05) is 13.0 Å². The lowest BCUT2D eigenvalue weighted by molar-refractivity contribution is 0.0561. The van der Waals surface area contributed by atoms with Crippen molar-refractivity contribution in [3.63, 3.8) is 0 Å². The molecule has 4 heteroatoms. The lowest BCUT2D eigenvalue weighted by atomic mass is 10.1. The maximum Gasteiger partial charge on any atom is 0.119 e. The number of likely N-dealkylation sites (N-methyl/N-ethyl adjacent to an activating group) is 1. The van der Waals surface area contributed by atoms with E-state index >= 15 is 0 Å². The van der Waals surface area contributed by atoms with Gasteiger partial charge in [-0.15, -0.1) is 0 Å². The standard InChI is InChI=1S/C17H26N2O2/c1-3-19(11-14-5-4-8-21-14)16-9-12-6-7-13(20-2)10-15(12)17(16)18/h6-7,10,14,16-17H,3-5,8-9,11,18H2,1-2H3. The molecule has 0 radical (unpaired) electrons. The Morgan fingerprint density at radius 3 is 2.95 bits per heavy atom. The van der Waals surface area contributed by atoms with Crippen molar-refractivity contribution >= 4 is 0 Å². The van der Waals surface area contributed by atoms with E-state index in [1.165, 1.54) is 24.0 Å². The van der Waals surface area contributed by atoms with Crippen LogP contribution < -0.4 is 10.5 Å². The summed E-state index contributed by atoms with van der Waals surface area (Å²) in [5, 5.41) is 0. The smallest absolute Gasteiger partial charge is 0.119 e. The van der Waals surface area contributed by atoms with Crippen molar-refractivity contribution in [2.24, 2.45) is 5.73 Å². The molecule has 2 aliphatic rings. The molecule has 1 saturated heterocycles. The summed E-state index contributed by atoms with van der Waals surface area (Å²) in [5.74, 6) is 0.895. The number of fused-ring (bicyclic) bond motifs is 1. The Labute approximate surface area is 127 Å². The molecule has 4 nitrogen and oxygen atoms in total. The number of benzene rings is 1. The van der Waals surface area contributed by atoms with Crippen LogP contribution in [0.1, 0.15) is 36.9 Å². The maximum absolute atomic E-state index is 6.53. The zero-order valence-corrected chi connectivity index (χ0v) is 13.0. The van der Waals surface area contributed by atoms with Crippen LogP contribution in [0.25, 0.3) is 0 Å². The van der Waals surface area contributed by atoms with Crippen LogP contribution in [0.15, 0.2) is 18.2 Å². The Morgan fingerprint density at radius 2 is 2.29 bits per heavy atom. The number of hydrogen-bond acceptors (Lipinski definition) is 4. The van der Waals surface area contributed by atoms with Crippen LogP contribution in [-0.4, -0.2) is 43.9 Å². The van der Waals surface area contributed by atoms with Crippen molar-refractivity contribution in [1.29, 1.82) is 0 Å². The Kier molecular flexibility index (Phi) is 4.48. The molecular formula is C17H26N2O2. The van der Waals surface area contributed by atoms with Crippen LogP contribution in [0.2, 0.25) is 0 Å². The molecule has 0 saturated carbocycles. The SMILES string of the molecule is CCN(CC1CCCO1)C1Cc2ccc(OC)cc2C1N. The minimum absolute atomic E-state index is 0.0662. The average Bonchev–Trinajstić information content (AvgIpc) is 3.13. The van der Waals surface area contributed by atoms with Crippen LogP contribution in [0, 0.1) is 0 Å². The van der Waals surface area contributed by atoms with Gasteiger partial charge in [0.1, 0.15) is 5.75 Å². The summed E-state index contributed by atoms with van der Waals surface area (Å²) in [7, 11) is 1.70. The van der Waals surface area contributed by atoms with Gasteiger partial charge in [-0.3, -0.25) is 4.90 Å². The Bertz CT molecular complexity index is 486. The number of rotatable bonds is 5. The summed E-state index contributed by atoms with van der Waals surface area (Å²) in [5.41, 5.74) is 9.13. The summed E-state index contributed by atoms with van der Waals surface area (Å²) in [6.07, 6.45) is 3.78. The highest BCUT2D eigenvalue weighted by Crippen LogP contribution is 2.35. The van der Waals surface area contributed by atoms with Crippen molar-refractivity contribution in [1.82, 2.24) is 4.90 Å². The predicted molar refractivity (Wildman–Crippen MR) is 83.6 cm³/mol. The Hall–Kier alpha value is -1.10. The van der Waals surface area contributed by atoms with Gasteiger partial charge in [0.05, 0.1) is 13.2 Å². The lowest BCUT2D eigenvalue weighted by Gasteiger charge is -2.32. The summed E-state index contributed by atoms with van der Waals surface area (Å²) in [6.45, 7) is 5.14. The first-order valence-electron chi connectivity index (χ1n) is 8.01. The van der Waals surface area contributed by atoms with E-state index in [4.69, 9.17) is 15.2 Å². The van der Waals surface area contributed by atoms with Gasteiger partial charge >= 0.3 is 0 Å². The maximum atomic E-state index is 6.53. The molecule has 0 spiro atoms. The molecule has 0 bridgehead atoms. The number of methoxy groups -OCH3 is 1. The molecule has 1 aliphatic heterocycles. The fourth-order valence-electron chi connectivity index (χ4n) is 3.66. The van der Waals surface area contributed by atoms with Crippen molar-refractivity contribution in [3.05, 3.63) is 29.3 Å². The molecule has 1 aliphatic carbocycles. The van der Waals surface area contributed by atoms with Gasteiger partial charge in [0.2, 0.25) is 0 Å². The van der Waals surface area contributed by atoms with Gasteiger partial charge in [-0.2, -0.15) is 0 Å². The molecule has 1 aromatic carbocycles. The predicted octanol–water partition coefficient (Wildman–Crippen LogP) is 2.12. The molecular weight excluding hydrogens is 264 g/mol. The van der Waals surface area contributed by atoms with Gasteiger partial charge < -0.3 is 15.2 Å². The van der Waals surface area contributed by atoms with Crippen molar-refractivity contribution in [3.8, 4) is 5.75 Å². The van der Waals surface area contributed by atoms with Crippen molar-refractivity contribution in [2.45, 2.75) is 44.4 Å². The second-order valence-electron chi connectivity index (χ2n) is 6.08. The largest absolute Gasteiger partial charge is 0.497 e. The van der Waals surface area contributed by atoms with Crippen LogP contribution in [0.5, 0.6) is 5.75 Å². The third kappa shape index (κ3) is 2.93. The number of ether oxygens (including phenoxy) is 2. The first kappa shape index (κ1) is 14.8. The van der Waals surface area contributed by atoms with Crippen LogP contribution >= 0.6 is 0 Å². The molecule has 2 N–H and O–H groups in total. The monoisotopic (exact) mass is 290 g/mol. The molecule has 116 valence electrons. The molecule has 3 rings (SSSR count). The van der Waals surface area contributed by atoms with Gasteiger partial charge in [0.15, 0.2) is 0 Å². The molecule has 1 heterocycles. The van der Waals surface area contributed by atoms with Gasteiger partial charge in [-0.05, 0) is 49.1 Å². The van der Waals surface area contributed by atoms with E-state index < -0.39 is 0 Å². The van der Waals surface area contributed by atoms with E-state index in [2.05, 4.69) is 24.0 Å². The van der Waals surface area contributed by atoms with Crippen molar-refractivity contribution in [2.75, 3.05) is 26.8 Å². The molecule has 0 aromatic heterocycles. The summed E-state index contributed by atoms with van der Waals surface area (Å²) < 4.78 is 11.1. The summed E-state index contributed by atoms with van der Waals surface area (Å²) >= 11 is 0. The summed E-state index contributed by atoms with van der Waals surface area (Å²) in [6, 6.07) is 6.73. The second-order valence-corrected chi connectivity index (χ2v) is 6.08. The molecule has 1 fully saturated rings. The van der Waals surface area contributed by atoms with E-state index in [1.807, 2.05) is 6.07 Å². The quantitative estimate of drug-likeness (QED) is 0.902. The third-order valence-corrected chi connectivity index (χ3v) is 4.89. The highest BCUT2D eigenvalue weighted by atomic mass is 16.5. The highest BCUT2D eigenvalue weighted by molar-refractivity contribution is 5.42. The molecule has 3 atom stereocenters. The number of hydrogen-bond donors (Lipinski definition) is 1. The first-order chi connectivity index (χ1) is 10.2. The van der Waals surface area contributed by atoms with Gasteiger partial charge in [0, 0.05) is 25.2 Å². The minimum Gasteiger partial charge on any atom is -0.497 e. The number of nitrogens with zero attached hydrogens (tertiary/aromatic N) is 1. The minimum atomic E-state index is 0.0662. The lowest BCUT2D eigenvalue weighted by Crippen LogP contribution is -2.44.